The summed E-state index contributed by atoms with van der Waals surface area (Å²) >= 11 is 1.08. The number of hydrogen-bond donors (Lipinski definition) is 1. The molecule has 0 saturated carbocycles. The van der Waals surface area contributed by atoms with E-state index in [1.165, 1.54) is 10.7 Å². The molecule has 0 aliphatic rings. The van der Waals surface area contributed by atoms with E-state index in [4.69, 9.17) is 4.74 Å². The van der Waals surface area contributed by atoms with Gasteiger partial charge in [0, 0.05) is 11.6 Å². The second-order valence-corrected chi connectivity index (χ2v) is 7.09. The molecule has 1 amide bonds. The van der Waals surface area contributed by atoms with Gasteiger partial charge in [-0.2, -0.15) is 13.8 Å². The van der Waals surface area contributed by atoms with Crippen molar-refractivity contribution in [1.29, 1.82) is 0 Å². The van der Waals surface area contributed by atoms with E-state index in [0.29, 0.717) is 29.0 Å². The molecule has 4 aromatic rings. The lowest BCUT2D eigenvalue weighted by atomic mass is 10.1. The van der Waals surface area contributed by atoms with Crippen LogP contribution in [0.3, 0.4) is 0 Å². The van der Waals surface area contributed by atoms with Gasteiger partial charge in [0.25, 0.3) is 5.56 Å². The highest BCUT2D eigenvalue weighted by atomic mass is 32.1. The molecule has 0 spiro atoms. The van der Waals surface area contributed by atoms with Gasteiger partial charge < -0.3 is 10.1 Å². The first-order chi connectivity index (χ1) is 14.6. The summed E-state index contributed by atoms with van der Waals surface area (Å²) in [6, 6.07) is 15.0. The number of nitrogens with zero attached hydrogens (tertiary/aromatic N) is 4. The summed E-state index contributed by atoms with van der Waals surface area (Å²) < 4.78 is 15.0. The number of rotatable bonds is 6. The van der Waals surface area contributed by atoms with Crippen molar-refractivity contribution in [1.82, 2.24) is 18.5 Å². The molecule has 2 aromatic heterocycles. The second-order valence-electron chi connectivity index (χ2n) is 6.56. The minimum absolute atomic E-state index is 0.360. The molecule has 1 unspecified atom stereocenters. The molecule has 0 bridgehead atoms. The monoisotopic (exact) mass is 421 g/mol. The van der Waals surface area contributed by atoms with Gasteiger partial charge in [-0.15, -0.1) is 0 Å². The van der Waals surface area contributed by atoms with Gasteiger partial charge in [-0.05, 0) is 56.3 Å². The summed E-state index contributed by atoms with van der Waals surface area (Å²) in [7, 11) is 0. The van der Waals surface area contributed by atoms with Crippen LogP contribution in [-0.4, -0.2) is 31.0 Å². The summed E-state index contributed by atoms with van der Waals surface area (Å²) in [6.45, 7) is 4.13. The van der Waals surface area contributed by atoms with Crippen LogP contribution in [0.2, 0.25) is 0 Å². The fraction of sp³-hybridized carbons (Fsp3) is 0.190. The van der Waals surface area contributed by atoms with Gasteiger partial charge in [0.05, 0.1) is 29.7 Å². The number of ether oxygens (including phenoxy) is 1. The Hall–Kier alpha value is -3.59. The molecule has 0 fully saturated rings. The number of nitrogens with one attached hydrogen (secondary N) is 1. The highest BCUT2D eigenvalue weighted by Gasteiger charge is 2.19. The lowest BCUT2D eigenvalue weighted by molar-refractivity contribution is -0.119. The molecule has 9 heteroatoms. The predicted octanol–water partition coefficient (Wildman–Crippen LogP) is 3.51. The summed E-state index contributed by atoms with van der Waals surface area (Å²) in [5, 5.41) is 7.24. The smallest absolute Gasteiger partial charge is 0.267 e. The van der Waals surface area contributed by atoms with Gasteiger partial charge in [-0.1, -0.05) is 6.07 Å². The Morgan fingerprint density at radius 1 is 1.13 bits per heavy atom. The van der Waals surface area contributed by atoms with Gasteiger partial charge in [-0.25, -0.2) is 4.68 Å². The van der Waals surface area contributed by atoms with E-state index in [2.05, 4.69) is 19.2 Å². The molecule has 0 radical (unpaired) electrons. The summed E-state index contributed by atoms with van der Waals surface area (Å²) in [6.07, 6.45) is 0. The molecule has 2 aromatic carbocycles. The third kappa shape index (κ3) is 3.92. The molecule has 4 rings (SSSR count). The van der Waals surface area contributed by atoms with Gasteiger partial charge >= 0.3 is 0 Å². The molecule has 1 N–H and O–H groups in total. The van der Waals surface area contributed by atoms with Crippen molar-refractivity contribution < 1.29 is 9.53 Å². The first-order valence-electron chi connectivity index (χ1n) is 9.42. The van der Waals surface area contributed by atoms with Crippen LogP contribution in [-0.2, 0) is 4.79 Å². The Balaban J connectivity index is 1.59. The highest BCUT2D eigenvalue weighted by molar-refractivity contribution is 7.00. The van der Waals surface area contributed by atoms with Crippen LogP contribution in [0.15, 0.2) is 59.4 Å². The van der Waals surface area contributed by atoms with Crippen LogP contribution >= 0.6 is 11.7 Å². The van der Waals surface area contributed by atoms with E-state index < -0.39 is 6.04 Å². The van der Waals surface area contributed by atoms with Crippen LogP contribution in [0, 0.1) is 0 Å². The maximum absolute atomic E-state index is 12.8. The SMILES string of the molecule is CCOc1ccc(-c2ccc(=O)n(C(C)C(=O)Nc3cccc4nsnc34)n2)cc1. The quantitative estimate of drug-likeness (QED) is 0.511. The molecule has 2 heterocycles. The van der Waals surface area contributed by atoms with Crippen LogP contribution in [0.25, 0.3) is 22.3 Å². The van der Waals surface area contributed by atoms with Gasteiger partial charge in [0.2, 0.25) is 5.91 Å². The fourth-order valence-electron chi connectivity index (χ4n) is 3.00. The average Bonchev–Trinajstić information content (AvgIpc) is 3.24. The van der Waals surface area contributed by atoms with Crippen LogP contribution < -0.4 is 15.6 Å². The van der Waals surface area contributed by atoms with Crippen molar-refractivity contribution in [2.24, 2.45) is 0 Å². The van der Waals surface area contributed by atoms with Crippen molar-refractivity contribution in [2.45, 2.75) is 19.9 Å². The number of anilines is 1. The van der Waals surface area contributed by atoms with Crippen LogP contribution in [0.4, 0.5) is 5.69 Å². The zero-order valence-corrected chi connectivity index (χ0v) is 17.2. The van der Waals surface area contributed by atoms with Gasteiger partial charge in [0.15, 0.2) is 0 Å². The number of carbonyl (C=O) groups is 1. The summed E-state index contributed by atoms with van der Waals surface area (Å²) in [4.78, 5) is 25.2. The molecular formula is C21H19N5O3S. The van der Waals surface area contributed by atoms with E-state index in [9.17, 15) is 9.59 Å². The number of aromatic nitrogens is 4. The summed E-state index contributed by atoms with van der Waals surface area (Å²) in [5.74, 6) is 0.391. The van der Waals surface area contributed by atoms with Crippen molar-refractivity contribution >= 4 is 34.4 Å². The Morgan fingerprint density at radius 2 is 1.93 bits per heavy atom. The molecular weight excluding hydrogens is 402 g/mol. The van der Waals surface area contributed by atoms with Gasteiger partial charge in [0.1, 0.15) is 22.8 Å². The van der Waals surface area contributed by atoms with Crippen molar-refractivity contribution in [3.05, 3.63) is 65.0 Å². The molecule has 0 aliphatic carbocycles. The molecule has 152 valence electrons. The normalized spacial score (nSPS) is 11.9. The Labute approximate surface area is 176 Å². The molecule has 30 heavy (non-hydrogen) atoms. The average molecular weight is 421 g/mol. The summed E-state index contributed by atoms with van der Waals surface area (Å²) in [5.41, 5.74) is 2.92. The van der Waals surface area contributed by atoms with Crippen molar-refractivity contribution in [3.63, 3.8) is 0 Å². The van der Waals surface area contributed by atoms with E-state index in [-0.39, 0.29) is 11.5 Å². The first-order valence-corrected chi connectivity index (χ1v) is 10.1. The van der Waals surface area contributed by atoms with Crippen LogP contribution in [0.1, 0.15) is 19.9 Å². The molecule has 0 saturated heterocycles. The zero-order chi connectivity index (χ0) is 21.1. The number of amides is 1. The zero-order valence-electron chi connectivity index (χ0n) is 16.4. The van der Waals surface area contributed by atoms with E-state index >= 15 is 0 Å². The second kappa shape index (κ2) is 8.42. The number of benzene rings is 2. The van der Waals surface area contributed by atoms with Crippen molar-refractivity contribution in [2.75, 3.05) is 11.9 Å². The minimum Gasteiger partial charge on any atom is -0.494 e. The van der Waals surface area contributed by atoms with E-state index in [0.717, 1.165) is 23.0 Å². The topological polar surface area (TPSA) is 99.0 Å². The first kappa shape index (κ1) is 19.7. The van der Waals surface area contributed by atoms with Gasteiger partial charge in [-0.3, -0.25) is 9.59 Å². The standard InChI is InChI=1S/C21H19N5O3S/c1-3-29-15-9-7-14(8-10-15)16-11-12-19(27)26(23-16)13(2)21(28)22-17-5-4-6-18-20(17)25-30-24-18/h4-13H,3H2,1-2H3,(H,22,28). The molecule has 8 nitrogen and oxygen atoms in total. The predicted molar refractivity (Wildman–Crippen MR) is 116 cm³/mol. The maximum atomic E-state index is 12.8. The highest BCUT2D eigenvalue weighted by Crippen LogP contribution is 2.23. The molecule has 0 aliphatic heterocycles. The minimum atomic E-state index is -0.818. The van der Waals surface area contributed by atoms with E-state index in [1.54, 1.807) is 25.1 Å². The van der Waals surface area contributed by atoms with Crippen molar-refractivity contribution in [3.8, 4) is 17.0 Å². The third-order valence-electron chi connectivity index (χ3n) is 4.58. The lowest BCUT2D eigenvalue weighted by Crippen LogP contribution is -2.33. The van der Waals surface area contributed by atoms with E-state index in [1.807, 2.05) is 37.3 Å². The maximum Gasteiger partial charge on any atom is 0.267 e. The lowest BCUT2D eigenvalue weighted by Gasteiger charge is -2.15. The third-order valence-corrected chi connectivity index (χ3v) is 5.12. The Morgan fingerprint density at radius 3 is 2.70 bits per heavy atom. The number of hydrogen-bond acceptors (Lipinski definition) is 7. The fourth-order valence-corrected chi connectivity index (χ4v) is 3.55. The molecule has 1 atom stereocenters. The number of fused-ring (bicyclic) bond motifs is 1. The Bertz CT molecular complexity index is 1250. The largest absolute Gasteiger partial charge is 0.494 e. The number of carbonyl (C=O) groups excluding carboxylic acids is 1. The Kier molecular flexibility index (Phi) is 5.53. The van der Waals surface area contributed by atoms with Crippen LogP contribution in [0.5, 0.6) is 5.75 Å².